The normalized spacial score (nSPS) is 12.7. The molecule has 1 atom stereocenters. The van der Waals surface area contributed by atoms with Gasteiger partial charge >= 0.3 is 0 Å². The van der Waals surface area contributed by atoms with Crippen molar-refractivity contribution in [3.63, 3.8) is 0 Å². The van der Waals surface area contributed by atoms with E-state index in [9.17, 15) is 5.11 Å². The molecule has 1 N–H and O–H groups in total. The maximum atomic E-state index is 10.2. The predicted octanol–water partition coefficient (Wildman–Crippen LogP) is 2.94. The minimum absolute atomic E-state index is 0.298. The highest BCUT2D eigenvalue weighted by Gasteiger charge is 2.15. The molecule has 1 heterocycles. The largest absolute Gasteiger partial charge is 0.386 e. The van der Waals surface area contributed by atoms with Crippen molar-refractivity contribution >= 4 is 23.2 Å². The van der Waals surface area contributed by atoms with Crippen LogP contribution in [0.4, 0.5) is 0 Å². The van der Waals surface area contributed by atoms with Crippen molar-refractivity contribution in [3.8, 4) is 0 Å². The second-order valence-electron chi connectivity index (χ2n) is 4.07. The summed E-state index contributed by atoms with van der Waals surface area (Å²) < 4.78 is 1.65. The van der Waals surface area contributed by atoms with Crippen molar-refractivity contribution < 1.29 is 5.11 Å². The smallest absolute Gasteiger partial charge is 0.147 e. The standard InChI is InChI=1S/C12H13Cl2N3O/c1-7-15-8(2)17(16-7)6-12(18)10-5-9(13)3-4-11(10)14/h3-5,12,18H,6H2,1-2H3. The van der Waals surface area contributed by atoms with E-state index in [4.69, 9.17) is 23.2 Å². The summed E-state index contributed by atoms with van der Waals surface area (Å²) in [5.41, 5.74) is 0.594. The van der Waals surface area contributed by atoms with Gasteiger partial charge in [0.1, 0.15) is 17.8 Å². The Hall–Kier alpha value is -1.10. The average Bonchev–Trinajstić information content (AvgIpc) is 2.61. The molecule has 0 amide bonds. The Bertz CT molecular complexity index is 568. The monoisotopic (exact) mass is 285 g/mol. The van der Waals surface area contributed by atoms with E-state index >= 15 is 0 Å². The SMILES string of the molecule is Cc1nc(C)n(CC(O)c2cc(Cl)ccc2Cl)n1. The second-order valence-corrected chi connectivity index (χ2v) is 4.91. The van der Waals surface area contributed by atoms with Crippen molar-refractivity contribution in [1.82, 2.24) is 14.8 Å². The lowest BCUT2D eigenvalue weighted by atomic mass is 10.1. The molecule has 2 rings (SSSR count). The van der Waals surface area contributed by atoms with Crippen LogP contribution in [0, 0.1) is 13.8 Å². The molecular formula is C12H13Cl2N3O. The minimum Gasteiger partial charge on any atom is -0.386 e. The number of hydrogen-bond donors (Lipinski definition) is 1. The predicted molar refractivity (Wildman–Crippen MR) is 70.9 cm³/mol. The van der Waals surface area contributed by atoms with E-state index in [0.717, 1.165) is 5.82 Å². The van der Waals surface area contributed by atoms with Crippen LogP contribution in [0.15, 0.2) is 18.2 Å². The molecule has 0 aliphatic rings. The highest BCUT2D eigenvalue weighted by atomic mass is 35.5. The fourth-order valence-electron chi connectivity index (χ4n) is 1.77. The summed E-state index contributed by atoms with van der Waals surface area (Å²) in [4.78, 5) is 4.18. The van der Waals surface area contributed by atoms with Crippen LogP contribution in [-0.4, -0.2) is 19.9 Å². The zero-order valence-corrected chi connectivity index (χ0v) is 11.6. The molecule has 1 aromatic heterocycles. The lowest BCUT2D eigenvalue weighted by Gasteiger charge is -2.13. The zero-order valence-electron chi connectivity index (χ0n) is 10.1. The second kappa shape index (κ2) is 5.26. The van der Waals surface area contributed by atoms with Gasteiger partial charge in [-0.3, -0.25) is 0 Å². The molecule has 1 aromatic carbocycles. The van der Waals surface area contributed by atoms with Gasteiger partial charge in [-0.2, -0.15) is 5.10 Å². The first-order chi connectivity index (χ1) is 8.47. The third-order valence-corrected chi connectivity index (χ3v) is 3.20. The van der Waals surface area contributed by atoms with E-state index in [0.29, 0.717) is 28.0 Å². The van der Waals surface area contributed by atoms with Crippen LogP contribution in [0.1, 0.15) is 23.3 Å². The van der Waals surface area contributed by atoms with E-state index < -0.39 is 6.10 Å². The van der Waals surface area contributed by atoms with Gasteiger partial charge in [-0.15, -0.1) is 0 Å². The number of halogens is 2. The molecular weight excluding hydrogens is 273 g/mol. The van der Waals surface area contributed by atoms with Gasteiger partial charge in [0.05, 0.1) is 6.54 Å². The fourth-order valence-corrected chi connectivity index (χ4v) is 2.19. The van der Waals surface area contributed by atoms with Gasteiger partial charge in [-0.25, -0.2) is 9.67 Å². The molecule has 0 aliphatic heterocycles. The number of aryl methyl sites for hydroxylation is 2. The van der Waals surface area contributed by atoms with Crippen LogP contribution in [-0.2, 0) is 6.54 Å². The molecule has 0 saturated heterocycles. The van der Waals surface area contributed by atoms with Gasteiger partial charge in [0.25, 0.3) is 0 Å². The van der Waals surface area contributed by atoms with Crippen molar-refractivity contribution in [2.24, 2.45) is 0 Å². The van der Waals surface area contributed by atoms with Gasteiger partial charge in [-0.05, 0) is 32.0 Å². The summed E-state index contributed by atoms with van der Waals surface area (Å²) >= 11 is 11.9. The van der Waals surface area contributed by atoms with Gasteiger partial charge in [0, 0.05) is 15.6 Å². The fraction of sp³-hybridized carbons (Fsp3) is 0.333. The molecule has 0 saturated carbocycles. The number of aliphatic hydroxyl groups is 1. The number of aliphatic hydroxyl groups excluding tert-OH is 1. The third-order valence-electron chi connectivity index (χ3n) is 2.63. The average molecular weight is 286 g/mol. The number of hydrogen-bond acceptors (Lipinski definition) is 3. The molecule has 0 bridgehead atoms. The summed E-state index contributed by atoms with van der Waals surface area (Å²) in [6.45, 7) is 3.95. The van der Waals surface area contributed by atoms with Gasteiger partial charge in [0.15, 0.2) is 0 Å². The molecule has 1 unspecified atom stereocenters. The first-order valence-corrected chi connectivity index (χ1v) is 6.24. The van der Waals surface area contributed by atoms with Crippen LogP contribution >= 0.6 is 23.2 Å². The van der Waals surface area contributed by atoms with Crippen molar-refractivity contribution in [3.05, 3.63) is 45.5 Å². The Morgan fingerprint density at radius 3 is 2.67 bits per heavy atom. The van der Waals surface area contributed by atoms with Crippen molar-refractivity contribution in [2.45, 2.75) is 26.5 Å². The number of nitrogens with zero attached hydrogens (tertiary/aromatic N) is 3. The topological polar surface area (TPSA) is 50.9 Å². The Morgan fingerprint density at radius 1 is 1.33 bits per heavy atom. The summed E-state index contributed by atoms with van der Waals surface area (Å²) in [6.07, 6.45) is -0.768. The zero-order chi connectivity index (χ0) is 13.3. The molecule has 96 valence electrons. The quantitative estimate of drug-likeness (QED) is 0.943. The molecule has 4 nitrogen and oxygen atoms in total. The maximum Gasteiger partial charge on any atom is 0.147 e. The molecule has 0 aliphatic carbocycles. The van der Waals surface area contributed by atoms with E-state index in [-0.39, 0.29) is 0 Å². The van der Waals surface area contributed by atoms with E-state index in [1.54, 1.807) is 22.9 Å². The third kappa shape index (κ3) is 2.83. The Balaban J connectivity index is 2.24. The molecule has 0 fully saturated rings. The number of aromatic nitrogens is 3. The van der Waals surface area contributed by atoms with E-state index in [1.165, 1.54) is 0 Å². The maximum absolute atomic E-state index is 10.2. The van der Waals surface area contributed by atoms with Gasteiger partial charge in [-0.1, -0.05) is 23.2 Å². The summed E-state index contributed by atoms with van der Waals surface area (Å²) in [5.74, 6) is 1.43. The summed E-state index contributed by atoms with van der Waals surface area (Å²) in [7, 11) is 0. The van der Waals surface area contributed by atoms with Crippen LogP contribution in [0.25, 0.3) is 0 Å². The Morgan fingerprint density at radius 2 is 2.06 bits per heavy atom. The highest BCUT2D eigenvalue weighted by Crippen LogP contribution is 2.27. The molecule has 6 heteroatoms. The summed E-state index contributed by atoms with van der Waals surface area (Å²) in [6, 6.07) is 5.01. The summed E-state index contributed by atoms with van der Waals surface area (Å²) in [5, 5.41) is 15.4. The minimum atomic E-state index is -0.768. The highest BCUT2D eigenvalue weighted by molar-refractivity contribution is 6.33. The molecule has 0 radical (unpaired) electrons. The van der Waals surface area contributed by atoms with Gasteiger partial charge in [0.2, 0.25) is 0 Å². The lowest BCUT2D eigenvalue weighted by Crippen LogP contribution is -2.12. The van der Waals surface area contributed by atoms with Crippen LogP contribution < -0.4 is 0 Å². The number of benzene rings is 1. The van der Waals surface area contributed by atoms with Crippen LogP contribution in [0.5, 0.6) is 0 Å². The lowest BCUT2D eigenvalue weighted by molar-refractivity contribution is 0.150. The Kier molecular flexibility index (Phi) is 3.90. The number of rotatable bonds is 3. The van der Waals surface area contributed by atoms with E-state index in [2.05, 4.69) is 10.1 Å². The first-order valence-electron chi connectivity index (χ1n) is 5.48. The van der Waals surface area contributed by atoms with Gasteiger partial charge < -0.3 is 5.11 Å². The Labute approximate surface area is 115 Å². The van der Waals surface area contributed by atoms with E-state index in [1.807, 2.05) is 13.8 Å². The van der Waals surface area contributed by atoms with Crippen LogP contribution in [0.2, 0.25) is 10.0 Å². The molecule has 18 heavy (non-hydrogen) atoms. The van der Waals surface area contributed by atoms with Crippen molar-refractivity contribution in [1.29, 1.82) is 0 Å². The van der Waals surface area contributed by atoms with Crippen molar-refractivity contribution in [2.75, 3.05) is 0 Å². The molecule has 0 spiro atoms. The molecule has 2 aromatic rings. The van der Waals surface area contributed by atoms with Crippen LogP contribution in [0.3, 0.4) is 0 Å². The first kappa shape index (κ1) is 13.3.